The first kappa shape index (κ1) is 14.6. The molecule has 6 heteroatoms. The second-order valence-corrected chi connectivity index (χ2v) is 6.36. The Balaban J connectivity index is 2.32. The highest BCUT2D eigenvalue weighted by Gasteiger charge is 2.13. The molecule has 2 rings (SSSR count). The smallest absolute Gasteiger partial charge is 0.256 e. The van der Waals surface area contributed by atoms with E-state index in [1.165, 1.54) is 0 Å². The van der Waals surface area contributed by atoms with Crippen LogP contribution in [0.5, 0.6) is 0 Å². The summed E-state index contributed by atoms with van der Waals surface area (Å²) in [5.74, 6) is -0.196. The Hall–Kier alpha value is -0.850. The summed E-state index contributed by atoms with van der Waals surface area (Å²) < 4.78 is 2.19. The molecule has 2 aromatic rings. The van der Waals surface area contributed by atoms with Crippen molar-refractivity contribution >= 4 is 65.1 Å². The first-order valence-corrected chi connectivity index (χ1v) is 7.67. The average Bonchev–Trinajstić information content (AvgIpc) is 2.34. The van der Waals surface area contributed by atoms with Gasteiger partial charge >= 0.3 is 0 Å². The van der Waals surface area contributed by atoms with Crippen molar-refractivity contribution in [1.29, 1.82) is 0 Å². The van der Waals surface area contributed by atoms with Gasteiger partial charge in [0.05, 0.1) is 11.3 Å². The Kier molecular flexibility index (Phi) is 4.65. The number of rotatable bonds is 2. The molecule has 1 amide bonds. The van der Waals surface area contributed by atoms with E-state index in [-0.39, 0.29) is 5.91 Å². The van der Waals surface area contributed by atoms with Gasteiger partial charge in [-0.15, -0.1) is 0 Å². The van der Waals surface area contributed by atoms with E-state index in [4.69, 9.17) is 5.73 Å². The van der Waals surface area contributed by atoms with Gasteiger partial charge in [-0.05, 0) is 72.1 Å². The number of carbonyl (C=O) groups excluding carboxylic acids is 1. The zero-order chi connectivity index (χ0) is 14.0. The first-order valence-electron chi connectivity index (χ1n) is 5.29. The maximum absolute atomic E-state index is 12.2. The Labute approximate surface area is 136 Å². The molecular weight excluding hydrogens is 440 g/mol. The Bertz CT molecular complexity index is 621. The lowest BCUT2D eigenvalue weighted by Gasteiger charge is -2.11. The molecule has 0 saturated carbocycles. The van der Waals surface area contributed by atoms with E-state index < -0.39 is 0 Å². The summed E-state index contributed by atoms with van der Waals surface area (Å²) in [6, 6.07) is 10.7. The number of anilines is 2. The van der Waals surface area contributed by atoms with E-state index in [0.717, 1.165) is 13.4 Å². The van der Waals surface area contributed by atoms with Crippen LogP contribution in [-0.2, 0) is 0 Å². The van der Waals surface area contributed by atoms with Crippen molar-refractivity contribution in [3.63, 3.8) is 0 Å². The number of halogens is 3. The molecule has 3 N–H and O–H groups in total. The summed E-state index contributed by atoms with van der Waals surface area (Å²) in [5, 5.41) is 2.84. The predicted molar refractivity (Wildman–Crippen MR) is 88.3 cm³/mol. The molecule has 0 radical (unpaired) electrons. The van der Waals surface area contributed by atoms with Crippen LogP contribution in [0, 0.1) is 0 Å². The molecule has 0 unspecified atom stereocenters. The normalized spacial score (nSPS) is 10.3. The lowest BCUT2D eigenvalue weighted by atomic mass is 10.2. The van der Waals surface area contributed by atoms with Gasteiger partial charge in [0.15, 0.2) is 0 Å². The summed E-state index contributed by atoms with van der Waals surface area (Å²) in [6.45, 7) is 0. The monoisotopic (exact) mass is 446 g/mol. The molecule has 0 aliphatic carbocycles. The molecule has 0 aromatic heterocycles. The zero-order valence-electron chi connectivity index (χ0n) is 9.58. The second kappa shape index (κ2) is 6.07. The third-order valence-corrected chi connectivity index (χ3v) is 4.36. The van der Waals surface area contributed by atoms with E-state index in [2.05, 4.69) is 53.1 Å². The Morgan fingerprint density at radius 2 is 1.58 bits per heavy atom. The molecule has 0 bridgehead atoms. The molecule has 0 spiro atoms. The Morgan fingerprint density at radius 1 is 1.00 bits per heavy atom. The van der Waals surface area contributed by atoms with Gasteiger partial charge in [0.25, 0.3) is 5.91 Å². The minimum Gasteiger partial charge on any atom is -0.399 e. The minimum absolute atomic E-state index is 0.196. The fourth-order valence-corrected chi connectivity index (χ4v) is 3.42. The molecular formula is C13H9Br3N2O. The highest BCUT2D eigenvalue weighted by atomic mass is 79.9. The van der Waals surface area contributed by atoms with Gasteiger partial charge < -0.3 is 11.1 Å². The standard InChI is InChI=1S/C13H9Br3N2O/c14-9-4-2-1-3-8(9)13(19)18-12-10(15)5-7(17)6-11(12)16/h1-6H,17H2,(H,18,19). The molecule has 0 fully saturated rings. The first-order chi connectivity index (χ1) is 8.99. The SMILES string of the molecule is Nc1cc(Br)c(NC(=O)c2ccccc2Br)c(Br)c1. The van der Waals surface area contributed by atoms with Crippen molar-refractivity contribution in [3.8, 4) is 0 Å². The second-order valence-electron chi connectivity index (χ2n) is 3.79. The zero-order valence-corrected chi connectivity index (χ0v) is 14.3. The quantitative estimate of drug-likeness (QED) is 0.648. The summed E-state index contributed by atoms with van der Waals surface area (Å²) in [7, 11) is 0. The highest BCUT2D eigenvalue weighted by Crippen LogP contribution is 2.34. The molecule has 0 aliphatic heterocycles. The van der Waals surface area contributed by atoms with Crippen molar-refractivity contribution in [3.05, 3.63) is 55.4 Å². The summed E-state index contributed by atoms with van der Waals surface area (Å²) in [5.41, 5.74) is 7.54. The van der Waals surface area contributed by atoms with Crippen molar-refractivity contribution in [1.82, 2.24) is 0 Å². The van der Waals surface area contributed by atoms with Gasteiger partial charge in [-0.25, -0.2) is 0 Å². The number of benzene rings is 2. The number of carbonyl (C=O) groups is 1. The summed E-state index contributed by atoms with van der Waals surface area (Å²) in [6.07, 6.45) is 0. The molecule has 19 heavy (non-hydrogen) atoms. The van der Waals surface area contributed by atoms with Crippen LogP contribution in [0.1, 0.15) is 10.4 Å². The number of nitrogens with one attached hydrogen (secondary N) is 1. The number of amides is 1. The molecule has 0 heterocycles. The predicted octanol–water partition coefficient (Wildman–Crippen LogP) is 4.81. The molecule has 0 atom stereocenters. The largest absolute Gasteiger partial charge is 0.399 e. The van der Waals surface area contributed by atoms with Gasteiger partial charge in [0, 0.05) is 19.1 Å². The molecule has 0 saturated heterocycles. The van der Waals surface area contributed by atoms with Gasteiger partial charge in [0.1, 0.15) is 0 Å². The summed E-state index contributed by atoms with van der Waals surface area (Å²) in [4.78, 5) is 12.2. The third kappa shape index (κ3) is 3.38. The Morgan fingerprint density at radius 3 is 2.16 bits per heavy atom. The van der Waals surface area contributed by atoms with Crippen LogP contribution in [0.25, 0.3) is 0 Å². The van der Waals surface area contributed by atoms with E-state index in [9.17, 15) is 4.79 Å². The van der Waals surface area contributed by atoms with Crippen molar-refractivity contribution in [2.45, 2.75) is 0 Å². The number of hydrogen-bond acceptors (Lipinski definition) is 2. The number of nitrogens with two attached hydrogens (primary N) is 1. The molecule has 98 valence electrons. The van der Waals surface area contributed by atoms with Crippen LogP contribution < -0.4 is 11.1 Å². The van der Waals surface area contributed by atoms with Gasteiger partial charge in [-0.2, -0.15) is 0 Å². The van der Waals surface area contributed by atoms with Crippen molar-refractivity contribution in [2.75, 3.05) is 11.1 Å². The van der Waals surface area contributed by atoms with E-state index in [1.807, 2.05) is 18.2 Å². The van der Waals surface area contributed by atoms with Gasteiger partial charge in [-0.1, -0.05) is 12.1 Å². The molecule has 0 aliphatic rings. The maximum Gasteiger partial charge on any atom is 0.256 e. The summed E-state index contributed by atoms with van der Waals surface area (Å²) >= 11 is 10.1. The average molecular weight is 449 g/mol. The molecule has 2 aromatic carbocycles. The lowest BCUT2D eigenvalue weighted by molar-refractivity contribution is 0.102. The fourth-order valence-electron chi connectivity index (χ4n) is 1.54. The van der Waals surface area contributed by atoms with Crippen LogP contribution in [0.2, 0.25) is 0 Å². The number of hydrogen-bond donors (Lipinski definition) is 2. The van der Waals surface area contributed by atoms with Crippen LogP contribution in [-0.4, -0.2) is 5.91 Å². The highest BCUT2D eigenvalue weighted by molar-refractivity contribution is 9.11. The van der Waals surface area contributed by atoms with E-state index in [0.29, 0.717) is 16.9 Å². The molecule has 3 nitrogen and oxygen atoms in total. The van der Waals surface area contributed by atoms with Crippen molar-refractivity contribution < 1.29 is 4.79 Å². The lowest BCUT2D eigenvalue weighted by Crippen LogP contribution is -2.13. The van der Waals surface area contributed by atoms with Crippen LogP contribution in [0.4, 0.5) is 11.4 Å². The van der Waals surface area contributed by atoms with E-state index in [1.54, 1.807) is 18.2 Å². The third-order valence-electron chi connectivity index (χ3n) is 2.42. The van der Waals surface area contributed by atoms with Gasteiger partial charge in [0.2, 0.25) is 0 Å². The van der Waals surface area contributed by atoms with Gasteiger partial charge in [-0.3, -0.25) is 4.79 Å². The minimum atomic E-state index is -0.196. The topological polar surface area (TPSA) is 55.1 Å². The fraction of sp³-hybridized carbons (Fsp3) is 0. The maximum atomic E-state index is 12.2. The van der Waals surface area contributed by atoms with Crippen molar-refractivity contribution in [2.24, 2.45) is 0 Å². The van der Waals surface area contributed by atoms with Crippen LogP contribution in [0.15, 0.2) is 49.8 Å². The van der Waals surface area contributed by atoms with E-state index >= 15 is 0 Å². The number of nitrogen functional groups attached to an aromatic ring is 1. The van der Waals surface area contributed by atoms with Crippen LogP contribution >= 0.6 is 47.8 Å². The van der Waals surface area contributed by atoms with Crippen LogP contribution in [0.3, 0.4) is 0 Å².